The van der Waals surface area contributed by atoms with Gasteiger partial charge in [-0.1, -0.05) is 20.8 Å². The van der Waals surface area contributed by atoms with Crippen LogP contribution >= 0.6 is 0 Å². The Balaban J connectivity index is 1.91. The van der Waals surface area contributed by atoms with Gasteiger partial charge in [-0.15, -0.1) is 0 Å². The molecule has 2 aliphatic heterocycles. The summed E-state index contributed by atoms with van der Waals surface area (Å²) >= 11 is 0. The summed E-state index contributed by atoms with van der Waals surface area (Å²) in [6.07, 6.45) is 1.47. The lowest BCUT2D eigenvalue weighted by molar-refractivity contribution is -0.132. The van der Waals surface area contributed by atoms with Crippen LogP contribution in [0.5, 0.6) is 0 Å². The molecule has 1 amide bonds. The number of carbonyl (C=O) groups excluding carboxylic acids is 1. The molecule has 1 saturated heterocycles. The van der Waals surface area contributed by atoms with Crippen molar-refractivity contribution in [2.45, 2.75) is 52.6 Å². The van der Waals surface area contributed by atoms with E-state index in [1.807, 2.05) is 30.8 Å². The fourth-order valence-corrected chi connectivity index (χ4v) is 3.77. The smallest absolute Gasteiger partial charge is 0.225 e. The van der Waals surface area contributed by atoms with Crippen LogP contribution in [0.2, 0.25) is 0 Å². The molecule has 1 aromatic heterocycles. The zero-order chi connectivity index (χ0) is 18.4. The summed E-state index contributed by atoms with van der Waals surface area (Å²) in [5, 5.41) is 0. The Kier molecular flexibility index (Phi) is 4.52. The Morgan fingerprint density at radius 1 is 1.32 bits per heavy atom. The predicted molar refractivity (Wildman–Crippen MR) is 97.7 cm³/mol. The van der Waals surface area contributed by atoms with E-state index in [2.05, 4.69) is 25.8 Å². The zero-order valence-electron chi connectivity index (χ0n) is 16.3. The molecule has 0 aliphatic carbocycles. The van der Waals surface area contributed by atoms with Gasteiger partial charge in [0.25, 0.3) is 0 Å². The number of carbonyl (C=O) groups is 1. The van der Waals surface area contributed by atoms with Gasteiger partial charge in [-0.05, 0) is 18.8 Å². The van der Waals surface area contributed by atoms with E-state index < -0.39 is 0 Å². The Morgan fingerprint density at radius 2 is 2.04 bits per heavy atom. The van der Waals surface area contributed by atoms with Gasteiger partial charge >= 0.3 is 0 Å². The summed E-state index contributed by atoms with van der Waals surface area (Å²) in [6, 6.07) is 0. The summed E-state index contributed by atoms with van der Waals surface area (Å²) in [7, 11) is 3.92. The van der Waals surface area contributed by atoms with Gasteiger partial charge in [0, 0.05) is 44.9 Å². The first-order valence-corrected chi connectivity index (χ1v) is 9.02. The maximum Gasteiger partial charge on any atom is 0.225 e. The van der Waals surface area contributed by atoms with Crippen LogP contribution in [0, 0.1) is 12.3 Å². The van der Waals surface area contributed by atoms with Crippen LogP contribution in [-0.2, 0) is 21.6 Å². The van der Waals surface area contributed by atoms with Crippen molar-refractivity contribution in [3.8, 4) is 0 Å². The molecule has 1 spiro atoms. The molecule has 0 aromatic carbocycles. The maximum atomic E-state index is 12.7. The quantitative estimate of drug-likeness (QED) is 0.822. The van der Waals surface area contributed by atoms with E-state index in [1.54, 1.807) is 0 Å². The van der Waals surface area contributed by atoms with Gasteiger partial charge in [0.15, 0.2) is 0 Å². The van der Waals surface area contributed by atoms with E-state index in [0.717, 1.165) is 35.9 Å². The number of nitrogens with zero attached hydrogens (tertiary/aromatic N) is 4. The van der Waals surface area contributed by atoms with Crippen molar-refractivity contribution in [3.63, 3.8) is 0 Å². The highest BCUT2D eigenvalue weighted by Gasteiger charge is 2.47. The van der Waals surface area contributed by atoms with Crippen molar-refractivity contribution < 1.29 is 9.53 Å². The van der Waals surface area contributed by atoms with Crippen molar-refractivity contribution in [3.05, 3.63) is 17.0 Å². The van der Waals surface area contributed by atoms with Crippen LogP contribution in [0.25, 0.3) is 0 Å². The fraction of sp³-hybridized carbons (Fsp3) is 0.737. The number of aromatic nitrogens is 2. The maximum absolute atomic E-state index is 12.7. The zero-order valence-corrected chi connectivity index (χ0v) is 16.3. The normalized spacial score (nSPS) is 23.0. The molecule has 0 radical (unpaired) electrons. The number of amides is 1. The number of rotatable bonds is 2. The third-order valence-electron chi connectivity index (χ3n) is 5.12. The predicted octanol–water partition coefficient (Wildman–Crippen LogP) is 2.29. The minimum absolute atomic E-state index is 0.00462. The third kappa shape index (κ3) is 3.50. The number of likely N-dealkylation sites (tertiary alicyclic amines) is 1. The highest BCUT2D eigenvalue weighted by molar-refractivity contribution is 5.77. The van der Waals surface area contributed by atoms with E-state index in [4.69, 9.17) is 9.72 Å². The molecule has 0 N–H and O–H groups in total. The van der Waals surface area contributed by atoms with Crippen LogP contribution in [0.15, 0.2) is 0 Å². The fourth-order valence-electron chi connectivity index (χ4n) is 3.77. The third-order valence-corrected chi connectivity index (χ3v) is 5.12. The van der Waals surface area contributed by atoms with Crippen molar-refractivity contribution in [1.29, 1.82) is 0 Å². The Labute approximate surface area is 150 Å². The number of aryl methyl sites for hydroxylation is 1. The van der Waals surface area contributed by atoms with Gasteiger partial charge in [-0.2, -0.15) is 0 Å². The van der Waals surface area contributed by atoms with Crippen molar-refractivity contribution >= 4 is 11.9 Å². The lowest BCUT2D eigenvalue weighted by Gasteiger charge is -2.35. The summed E-state index contributed by atoms with van der Waals surface area (Å²) in [5.41, 5.74) is 2.97. The highest BCUT2D eigenvalue weighted by atomic mass is 16.5. The molecule has 0 unspecified atom stereocenters. The molecule has 25 heavy (non-hydrogen) atoms. The van der Waals surface area contributed by atoms with Gasteiger partial charge in [0.05, 0.1) is 24.3 Å². The molecule has 3 heterocycles. The van der Waals surface area contributed by atoms with E-state index in [0.29, 0.717) is 26.2 Å². The molecule has 1 atom stereocenters. The van der Waals surface area contributed by atoms with Crippen LogP contribution in [0.1, 0.15) is 50.6 Å². The van der Waals surface area contributed by atoms with Crippen LogP contribution in [-0.4, -0.2) is 54.6 Å². The second kappa shape index (κ2) is 6.24. The summed E-state index contributed by atoms with van der Waals surface area (Å²) in [4.78, 5) is 26.1. The van der Waals surface area contributed by atoms with Crippen LogP contribution < -0.4 is 4.90 Å². The van der Waals surface area contributed by atoms with E-state index in [-0.39, 0.29) is 16.7 Å². The molecule has 0 bridgehead atoms. The Morgan fingerprint density at radius 3 is 2.68 bits per heavy atom. The van der Waals surface area contributed by atoms with E-state index in [9.17, 15) is 4.79 Å². The standard InChI is InChI=1S/C19H30N4O2/c1-13-14-10-25-12-19(16(14)21-17(20-13)22(5)6)7-8-23(11-19)15(24)9-18(2,3)4/h7-12H2,1-6H3/t19-/m0/s1. The second-order valence-electron chi connectivity index (χ2n) is 8.91. The average molecular weight is 346 g/mol. The summed E-state index contributed by atoms with van der Waals surface area (Å²) < 4.78 is 5.91. The lowest BCUT2D eigenvalue weighted by Crippen LogP contribution is -2.42. The van der Waals surface area contributed by atoms with E-state index in [1.165, 1.54) is 0 Å². The number of fused-ring (bicyclic) bond motifs is 2. The van der Waals surface area contributed by atoms with Gasteiger partial charge in [-0.25, -0.2) is 9.97 Å². The Hall–Kier alpha value is -1.69. The number of ether oxygens (including phenoxy) is 1. The summed E-state index contributed by atoms with van der Waals surface area (Å²) in [6.45, 7) is 11.0. The minimum Gasteiger partial charge on any atom is -0.376 e. The first-order chi connectivity index (χ1) is 11.6. The van der Waals surface area contributed by atoms with Crippen molar-refractivity contribution in [2.24, 2.45) is 5.41 Å². The highest BCUT2D eigenvalue weighted by Crippen LogP contribution is 2.41. The van der Waals surface area contributed by atoms with Gasteiger partial charge in [0.2, 0.25) is 11.9 Å². The van der Waals surface area contributed by atoms with Gasteiger partial charge in [0.1, 0.15) is 0 Å². The first-order valence-electron chi connectivity index (χ1n) is 9.02. The molecule has 3 rings (SSSR count). The monoisotopic (exact) mass is 346 g/mol. The Bertz CT molecular complexity index is 681. The number of anilines is 1. The van der Waals surface area contributed by atoms with Crippen LogP contribution in [0.4, 0.5) is 5.95 Å². The molecule has 1 fully saturated rings. The molecule has 2 aliphatic rings. The molecule has 6 nitrogen and oxygen atoms in total. The van der Waals surface area contributed by atoms with Crippen molar-refractivity contribution in [2.75, 3.05) is 38.7 Å². The largest absolute Gasteiger partial charge is 0.376 e. The summed E-state index contributed by atoms with van der Waals surface area (Å²) in [5.74, 6) is 0.965. The number of hydrogen-bond acceptors (Lipinski definition) is 5. The molecule has 6 heteroatoms. The lowest BCUT2D eigenvalue weighted by atomic mass is 9.80. The van der Waals surface area contributed by atoms with Crippen molar-refractivity contribution in [1.82, 2.24) is 14.9 Å². The van der Waals surface area contributed by atoms with Gasteiger partial charge < -0.3 is 14.5 Å². The molecular weight excluding hydrogens is 316 g/mol. The minimum atomic E-state index is -0.195. The SMILES string of the molecule is Cc1nc(N(C)C)nc2c1COC[C@@]21CCN(C(=O)CC(C)(C)C)C1. The first kappa shape index (κ1) is 18.1. The molecule has 138 valence electrons. The van der Waals surface area contributed by atoms with Gasteiger partial charge in [-0.3, -0.25) is 4.79 Å². The molecule has 1 aromatic rings. The topological polar surface area (TPSA) is 58.6 Å². The second-order valence-corrected chi connectivity index (χ2v) is 8.91. The average Bonchev–Trinajstić information content (AvgIpc) is 2.91. The molecule has 0 saturated carbocycles. The molecular formula is C19H30N4O2. The number of hydrogen-bond donors (Lipinski definition) is 0. The van der Waals surface area contributed by atoms with E-state index >= 15 is 0 Å². The van der Waals surface area contributed by atoms with Crippen LogP contribution in [0.3, 0.4) is 0 Å².